The molecule has 0 aliphatic carbocycles. The van der Waals surface area contributed by atoms with Crippen LogP contribution in [0.3, 0.4) is 0 Å². The first-order valence-electron chi connectivity index (χ1n) is 7.88. The lowest BCUT2D eigenvalue weighted by molar-refractivity contribution is 0.102. The Morgan fingerprint density at radius 3 is 2.70 bits per heavy atom. The average Bonchev–Trinajstić information content (AvgIpc) is 3.09. The summed E-state index contributed by atoms with van der Waals surface area (Å²) in [7, 11) is 0. The molecule has 2 N–H and O–H groups in total. The lowest BCUT2D eigenvalue weighted by Crippen LogP contribution is -2.14. The van der Waals surface area contributed by atoms with Crippen molar-refractivity contribution in [3.63, 3.8) is 0 Å². The normalized spacial score (nSPS) is 10.9. The number of aromatic amines is 1. The Morgan fingerprint density at radius 2 is 1.89 bits per heavy atom. The van der Waals surface area contributed by atoms with Crippen molar-refractivity contribution in [3.05, 3.63) is 78.0 Å². The third-order valence-electron chi connectivity index (χ3n) is 4.06. The fraction of sp³-hybridized carbons (Fsp3) is 0. The molecule has 0 saturated heterocycles. The van der Waals surface area contributed by atoms with E-state index in [1.54, 1.807) is 12.1 Å². The molecule has 4 rings (SSSR count). The number of carbonyl (C=O) groups is 1. The Labute approximate surface area is 150 Å². The number of carbonyl (C=O) groups excluding carboxylic acids is 1. The number of nitrogens with zero attached hydrogens (tertiary/aromatic N) is 2. The predicted octanol–water partition coefficient (Wildman–Crippen LogP) is 4.29. The monoisotopic (exact) mass is 368 g/mol. The number of fused-ring (bicyclic) bond motifs is 1. The maximum absolute atomic E-state index is 14.1. The number of benzene rings is 2. The van der Waals surface area contributed by atoms with Gasteiger partial charge in [0.2, 0.25) is 0 Å². The summed E-state index contributed by atoms with van der Waals surface area (Å²) in [6.07, 6.45) is 2.43. The molecule has 0 spiro atoms. The Morgan fingerprint density at radius 1 is 1.04 bits per heavy atom. The number of H-pyrrole nitrogens is 1. The first kappa shape index (κ1) is 16.8. The van der Waals surface area contributed by atoms with Crippen LogP contribution in [0.4, 0.5) is 18.9 Å². The van der Waals surface area contributed by atoms with Gasteiger partial charge in [-0.1, -0.05) is 18.2 Å². The van der Waals surface area contributed by atoms with Gasteiger partial charge in [0, 0.05) is 17.1 Å². The van der Waals surface area contributed by atoms with E-state index in [0.717, 1.165) is 12.1 Å². The van der Waals surface area contributed by atoms with E-state index in [2.05, 4.69) is 20.5 Å². The van der Waals surface area contributed by atoms with Gasteiger partial charge in [-0.2, -0.15) is 5.10 Å². The van der Waals surface area contributed by atoms with Crippen LogP contribution in [0.5, 0.6) is 0 Å². The molecule has 2 aromatic carbocycles. The quantitative estimate of drug-likeness (QED) is 0.567. The van der Waals surface area contributed by atoms with E-state index in [9.17, 15) is 18.0 Å². The van der Waals surface area contributed by atoms with Crippen LogP contribution in [0.25, 0.3) is 22.0 Å². The lowest BCUT2D eigenvalue weighted by Gasteiger charge is -2.06. The standard InChI is InChI=1S/C19H11F3N4O/c20-13-6-7-23-9-16(13)24-19(27)18-12-8-10(4-5-15(12)25-26-18)11-2-1-3-14(21)17(11)22/h1-9H,(H,24,27)(H,25,26). The molecule has 2 heterocycles. The van der Waals surface area contributed by atoms with E-state index in [0.29, 0.717) is 16.5 Å². The van der Waals surface area contributed by atoms with Crippen LogP contribution in [0.2, 0.25) is 0 Å². The number of rotatable bonds is 3. The van der Waals surface area contributed by atoms with Gasteiger partial charge in [0.15, 0.2) is 17.3 Å². The zero-order valence-electron chi connectivity index (χ0n) is 13.6. The number of halogens is 3. The van der Waals surface area contributed by atoms with Gasteiger partial charge in [-0.05, 0) is 29.8 Å². The SMILES string of the molecule is O=C(Nc1cnccc1F)c1n[nH]c2ccc(-c3cccc(F)c3F)cc12. The maximum Gasteiger partial charge on any atom is 0.276 e. The van der Waals surface area contributed by atoms with Crippen molar-refractivity contribution in [1.82, 2.24) is 15.2 Å². The largest absolute Gasteiger partial charge is 0.317 e. The van der Waals surface area contributed by atoms with E-state index < -0.39 is 23.4 Å². The van der Waals surface area contributed by atoms with Crippen molar-refractivity contribution in [2.24, 2.45) is 0 Å². The van der Waals surface area contributed by atoms with Crippen molar-refractivity contribution in [2.45, 2.75) is 0 Å². The molecule has 8 heteroatoms. The summed E-state index contributed by atoms with van der Waals surface area (Å²) in [5, 5.41) is 9.41. The zero-order chi connectivity index (χ0) is 19.0. The number of pyridine rings is 1. The molecule has 4 aromatic rings. The second kappa shape index (κ2) is 6.56. The highest BCUT2D eigenvalue weighted by Gasteiger charge is 2.18. The molecule has 0 radical (unpaired) electrons. The van der Waals surface area contributed by atoms with Gasteiger partial charge in [0.05, 0.1) is 17.4 Å². The van der Waals surface area contributed by atoms with Crippen LogP contribution in [-0.2, 0) is 0 Å². The number of amides is 1. The Bertz CT molecular complexity index is 1170. The van der Waals surface area contributed by atoms with Gasteiger partial charge >= 0.3 is 0 Å². The van der Waals surface area contributed by atoms with Crippen LogP contribution in [0.15, 0.2) is 54.9 Å². The molecule has 0 bridgehead atoms. The highest BCUT2D eigenvalue weighted by molar-refractivity contribution is 6.11. The van der Waals surface area contributed by atoms with E-state index in [1.807, 2.05) is 0 Å². The van der Waals surface area contributed by atoms with Crippen molar-refractivity contribution in [3.8, 4) is 11.1 Å². The minimum atomic E-state index is -0.983. The first-order valence-corrected chi connectivity index (χ1v) is 7.88. The summed E-state index contributed by atoms with van der Waals surface area (Å²) in [5.41, 5.74) is 0.857. The van der Waals surface area contributed by atoms with E-state index in [1.165, 1.54) is 30.6 Å². The number of hydrogen-bond donors (Lipinski definition) is 2. The maximum atomic E-state index is 14.1. The topological polar surface area (TPSA) is 70.7 Å². The number of hydrogen-bond acceptors (Lipinski definition) is 3. The summed E-state index contributed by atoms with van der Waals surface area (Å²) in [6, 6.07) is 9.67. The predicted molar refractivity (Wildman–Crippen MR) is 93.6 cm³/mol. The number of nitrogens with one attached hydrogen (secondary N) is 2. The second-order valence-electron chi connectivity index (χ2n) is 5.74. The molecular weight excluding hydrogens is 357 g/mol. The fourth-order valence-corrected chi connectivity index (χ4v) is 2.73. The molecular formula is C19H11F3N4O. The summed E-state index contributed by atoms with van der Waals surface area (Å²) in [4.78, 5) is 16.2. The van der Waals surface area contributed by atoms with E-state index in [4.69, 9.17) is 0 Å². The Balaban J connectivity index is 1.75. The van der Waals surface area contributed by atoms with Crippen LogP contribution in [0.1, 0.15) is 10.5 Å². The molecule has 0 fully saturated rings. The Hall–Kier alpha value is -3.68. The highest BCUT2D eigenvalue weighted by Crippen LogP contribution is 2.28. The van der Waals surface area contributed by atoms with Crippen LogP contribution in [0, 0.1) is 17.5 Å². The smallest absolute Gasteiger partial charge is 0.276 e. The third-order valence-corrected chi connectivity index (χ3v) is 4.06. The second-order valence-corrected chi connectivity index (χ2v) is 5.74. The van der Waals surface area contributed by atoms with Crippen molar-refractivity contribution >= 4 is 22.5 Å². The third kappa shape index (κ3) is 3.01. The molecule has 5 nitrogen and oxygen atoms in total. The fourth-order valence-electron chi connectivity index (χ4n) is 2.73. The van der Waals surface area contributed by atoms with E-state index >= 15 is 0 Å². The molecule has 0 saturated carbocycles. The molecule has 134 valence electrons. The molecule has 0 aliphatic rings. The molecule has 0 aliphatic heterocycles. The number of anilines is 1. The molecule has 0 atom stereocenters. The molecule has 1 amide bonds. The van der Waals surface area contributed by atoms with Gasteiger partial charge in [-0.25, -0.2) is 13.2 Å². The van der Waals surface area contributed by atoms with E-state index in [-0.39, 0.29) is 16.9 Å². The molecule has 2 aromatic heterocycles. The van der Waals surface area contributed by atoms with Gasteiger partial charge in [0.25, 0.3) is 5.91 Å². The van der Waals surface area contributed by atoms with Gasteiger partial charge in [-0.15, -0.1) is 0 Å². The lowest BCUT2D eigenvalue weighted by atomic mass is 10.0. The molecule has 0 unspecified atom stereocenters. The van der Waals surface area contributed by atoms with Crippen LogP contribution < -0.4 is 5.32 Å². The average molecular weight is 368 g/mol. The van der Waals surface area contributed by atoms with Crippen molar-refractivity contribution in [1.29, 1.82) is 0 Å². The number of aromatic nitrogens is 3. The first-order chi connectivity index (χ1) is 13.0. The summed E-state index contributed by atoms with van der Waals surface area (Å²) in [5.74, 6) is -3.25. The van der Waals surface area contributed by atoms with Gasteiger partial charge < -0.3 is 5.32 Å². The minimum absolute atomic E-state index is 0.00749. The van der Waals surface area contributed by atoms with Gasteiger partial charge in [-0.3, -0.25) is 14.9 Å². The highest BCUT2D eigenvalue weighted by atomic mass is 19.2. The summed E-state index contributed by atoms with van der Waals surface area (Å²) >= 11 is 0. The van der Waals surface area contributed by atoms with Crippen molar-refractivity contribution in [2.75, 3.05) is 5.32 Å². The zero-order valence-corrected chi connectivity index (χ0v) is 13.6. The van der Waals surface area contributed by atoms with Crippen LogP contribution in [-0.4, -0.2) is 21.1 Å². The van der Waals surface area contributed by atoms with Crippen molar-refractivity contribution < 1.29 is 18.0 Å². The minimum Gasteiger partial charge on any atom is -0.317 e. The summed E-state index contributed by atoms with van der Waals surface area (Å²) in [6.45, 7) is 0. The van der Waals surface area contributed by atoms with Gasteiger partial charge in [0.1, 0.15) is 5.82 Å². The van der Waals surface area contributed by atoms with Crippen LogP contribution >= 0.6 is 0 Å². The Kier molecular flexibility index (Phi) is 4.08. The summed E-state index contributed by atoms with van der Waals surface area (Å²) < 4.78 is 41.3. The molecule has 27 heavy (non-hydrogen) atoms.